The molecule has 5 heteroatoms. The second-order valence-electron chi connectivity index (χ2n) is 5.89. The third kappa shape index (κ3) is 4.21. The van der Waals surface area contributed by atoms with Crippen LogP contribution in [0.25, 0.3) is 0 Å². The Balaban J connectivity index is 2.04. The van der Waals surface area contributed by atoms with E-state index in [4.69, 9.17) is 9.84 Å². The fourth-order valence-electron chi connectivity index (χ4n) is 3.06. The Bertz CT molecular complexity index is 485. The number of hydrogen-bond donors (Lipinski definition) is 3. The van der Waals surface area contributed by atoms with Crippen molar-refractivity contribution in [3.8, 4) is 0 Å². The van der Waals surface area contributed by atoms with Crippen molar-refractivity contribution in [3.05, 3.63) is 35.4 Å². The molecule has 0 aliphatic carbocycles. The van der Waals surface area contributed by atoms with Crippen LogP contribution < -0.4 is 10.6 Å². The van der Waals surface area contributed by atoms with Crippen LogP contribution >= 0.6 is 0 Å². The molecule has 0 aromatic heterocycles. The number of carbonyl (C=O) groups is 1. The van der Waals surface area contributed by atoms with Gasteiger partial charge >= 0.3 is 6.03 Å². The predicted molar refractivity (Wildman–Crippen MR) is 86.0 cm³/mol. The molecule has 3 N–H and O–H groups in total. The van der Waals surface area contributed by atoms with Crippen LogP contribution in [0.3, 0.4) is 0 Å². The molecule has 1 saturated heterocycles. The molecule has 2 rings (SSSR count). The minimum absolute atomic E-state index is 0.0576. The Morgan fingerprint density at radius 2 is 2.00 bits per heavy atom. The molecule has 5 nitrogen and oxygen atoms in total. The lowest BCUT2D eigenvalue weighted by Gasteiger charge is -2.39. The molecule has 0 spiro atoms. The first kappa shape index (κ1) is 16.8. The molecule has 22 heavy (non-hydrogen) atoms. The van der Waals surface area contributed by atoms with Gasteiger partial charge in [-0.1, -0.05) is 24.3 Å². The van der Waals surface area contributed by atoms with Crippen LogP contribution in [0.4, 0.5) is 4.79 Å². The van der Waals surface area contributed by atoms with Crippen molar-refractivity contribution >= 4 is 6.03 Å². The second-order valence-corrected chi connectivity index (χ2v) is 5.89. The molecule has 2 amide bonds. The maximum atomic E-state index is 11.9. The standard InChI is InChI=1S/C17H26N2O3/c1-14-5-2-3-6-15(14)17(7-11-22-12-8-17)13-19-16(21)18-9-4-10-20/h2-3,5-6,20H,4,7-13H2,1H3,(H2,18,19,21). The fraction of sp³-hybridized carbons (Fsp3) is 0.588. The number of aliphatic hydroxyl groups excluding tert-OH is 1. The van der Waals surface area contributed by atoms with Gasteiger partial charge < -0.3 is 20.5 Å². The molecular weight excluding hydrogens is 280 g/mol. The van der Waals surface area contributed by atoms with Crippen LogP contribution in [-0.2, 0) is 10.2 Å². The van der Waals surface area contributed by atoms with Gasteiger partial charge in [-0.05, 0) is 37.3 Å². The zero-order chi connectivity index (χ0) is 15.8. The number of nitrogens with one attached hydrogen (secondary N) is 2. The summed E-state index contributed by atoms with van der Waals surface area (Å²) in [4.78, 5) is 11.9. The Hall–Kier alpha value is -1.59. The van der Waals surface area contributed by atoms with Crippen LogP contribution in [-0.4, -0.2) is 44.0 Å². The summed E-state index contributed by atoms with van der Waals surface area (Å²) in [5.74, 6) is 0. The van der Waals surface area contributed by atoms with Gasteiger partial charge in [-0.25, -0.2) is 4.79 Å². The molecule has 0 radical (unpaired) electrons. The summed E-state index contributed by atoms with van der Waals surface area (Å²) in [7, 11) is 0. The van der Waals surface area contributed by atoms with Crippen molar-refractivity contribution in [2.75, 3.05) is 32.9 Å². The number of amides is 2. The van der Waals surface area contributed by atoms with E-state index in [9.17, 15) is 4.79 Å². The van der Waals surface area contributed by atoms with Gasteiger partial charge in [0.25, 0.3) is 0 Å². The minimum Gasteiger partial charge on any atom is -0.396 e. The van der Waals surface area contributed by atoms with Crippen molar-refractivity contribution in [1.29, 1.82) is 0 Å². The van der Waals surface area contributed by atoms with Gasteiger partial charge in [0, 0.05) is 38.3 Å². The third-order valence-corrected chi connectivity index (χ3v) is 4.37. The molecule has 1 aromatic carbocycles. The predicted octanol–water partition coefficient (Wildman–Crippen LogP) is 1.72. The maximum absolute atomic E-state index is 11.9. The topological polar surface area (TPSA) is 70.6 Å². The Kier molecular flexibility index (Phi) is 6.21. The second kappa shape index (κ2) is 8.15. The van der Waals surface area contributed by atoms with Crippen molar-refractivity contribution in [1.82, 2.24) is 10.6 Å². The Morgan fingerprint density at radius 1 is 1.27 bits per heavy atom. The normalized spacial score (nSPS) is 17.0. The highest BCUT2D eigenvalue weighted by atomic mass is 16.5. The zero-order valence-electron chi connectivity index (χ0n) is 13.2. The number of carbonyl (C=O) groups excluding carboxylic acids is 1. The van der Waals surface area contributed by atoms with E-state index >= 15 is 0 Å². The number of benzene rings is 1. The summed E-state index contributed by atoms with van der Waals surface area (Å²) in [6.07, 6.45) is 2.40. The molecule has 0 bridgehead atoms. The average molecular weight is 306 g/mol. The highest BCUT2D eigenvalue weighted by Crippen LogP contribution is 2.36. The monoisotopic (exact) mass is 306 g/mol. The van der Waals surface area contributed by atoms with Gasteiger partial charge in [-0.3, -0.25) is 0 Å². The lowest BCUT2D eigenvalue weighted by atomic mass is 9.72. The summed E-state index contributed by atoms with van der Waals surface area (Å²) < 4.78 is 5.52. The lowest BCUT2D eigenvalue weighted by molar-refractivity contribution is 0.0505. The van der Waals surface area contributed by atoms with Gasteiger partial charge in [-0.2, -0.15) is 0 Å². The van der Waals surface area contributed by atoms with Crippen LogP contribution in [0, 0.1) is 6.92 Å². The minimum atomic E-state index is -0.173. The lowest BCUT2D eigenvalue weighted by Crippen LogP contribution is -2.47. The number of aryl methyl sites for hydroxylation is 1. The summed E-state index contributed by atoms with van der Waals surface area (Å²) in [5.41, 5.74) is 2.50. The Labute approximate surface area is 132 Å². The number of rotatable bonds is 6. The number of aliphatic hydroxyl groups is 1. The number of urea groups is 1. The fourth-order valence-corrected chi connectivity index (χ4v) is 3.06. The van der Waals surface area contributed by atoms with Crippen molar-refractivity contribution in [3.63, 3.8) is 0 Å². The molecule has 1 aromatic rings. The number of hydrogen-bond acceptors (Lipinski definition) is 3. The van der Waals surface area contributed by atoms with E-state index in [0.29, 0.717) is 19.5 Å². The first-order valence-electron chi connectivity index (χ1n) is 7.94. The maximum Gasteiger partial charge on any atom is 0.314 e. The first-order valence-corrected chi connectivity index (χ1v) is 7.94. The van der Waals surface area contributed by atoms with Crippen molar-refractivity contribution < 1.29 is 14.6 Å². The van der Waals surface area contributed by atoms with E-state index in [1.807, 2.05) is 6.07 Å². The molecule has 0 saturated carbocycles. The smallest absolute Gasteiger partial charge is 0.314 e. The average Bonchev–Trinajstić information content (AvgIpc) is 2.54. The molecular formula is C17H26N2O3. The zero-order valence-corrected chi connectivity index (χ0v) is 13.2. The van der Waals surface area contributed by atoms with Gasteiger partial charge in [0.05, 0.1) is 0 Å². The van der Waals surface area contributed by atoms with Crippen molar-refractivity contribution in [2.24, 2.45) is 0 Å². The molecule has 1 aliphatic rings. The molecule has 1 aliphatic heterocycles. The SMILES string of the molecule is Cc1ccccc1C1(CNC(=O)NCCCO)CCOCC1. The van der Waals surface area contributed by atoms with Crippen molar-refractivity contribution in [2.45, 2.75) is 31.6 Å². The first-order chi connectivity index (χ1) is 10.7. The largest absolute Gasteiger partial charge is 0.396 e. The summed E-state index contributed by atoms with van der Waals surface area (Å²) in [6.45, 7) is 4.75. The summed E-state index contributed by atoms with van der Waals surface area (Å²) >= 11 is 0. The van der Waals surface area contributed by atoms with Crippen LogP contribution in [0.1, 0.15) is 30.4 Å². The number of ether oxygens (including phenoxy) is 1. The summed E-state index contributed by atoms with van der Waals surface area (Å²) in [6, 6.07) is 8.20. The van der Waals surface area contributed by atoms with Gasteiger partial charge in [-0.15, -0.1) is 0 Å². The van der Waals surface area contributed by atoms with E-state index in [1.54, 1.807) is 0 Å². The van der Waals surface area contributed by atoms with E-state index in [0.717, 1.165) is 26.1 Å². The highest BCUT2D eigenvalue weighted by Gasteiger charge is 2.35. The molecule has 122 valence electrons. The van der Waals surface area contributed by atoms with Gasteiger partial charge in [0.1, 0.15) is 0 Å². The third-order valence-electron chi connectivity index (χ3n) is 4.37. The van der Waals surface area contributed by atoms with E-state index < -0.39 is 0 Å². The molecule has 0 unspecified atom stereocenters. The molecule has 1 fully saturated rings. The van der Waals surface area contributed by atoms with E-state index in [-0.39, 0.29) is 18.1 Å². The van der Waals surface area contributed by atoms with Crippen LogP contribution in [0.15, 0.2) is 24.3 Å². The van der Waals surface area contributed by atoms with Crippen LogP contribution in [0.5, 0.6) is 0 Å². The van der Waals surface area contributed by atoms with Crippen LogP contribution in [0.2, 0.25) is 0 Å². The summed E-state index contributed by atoms with van der Waals surface area (Å²) in [5, 5.41) is 14.5. The Morgan fingerprint density at radius 3 is 2.68 bits per heavy atom. The van der Waals surface area contributed by atoms with E-state index in [1.165, 1.54) is 11.1 Å². The van der Waals surface area contributed by atoms with Gasteiger partial charge in [0.2, 0.25) is 0 Å². The van der Waals surface area contributed by atoms with Gasteiger partial charge in [0.15, 0.2) is 0 Å². The molecule has 0 atom stereocenters. The highest BCUT2D eigenvalue weighted by molar-refractivity contribution is 5.74. The van der Waals surface area contributed by atoms with E-state index in [2.05, 4.69) is 35.8 Å². The molecule has 1 heterocycles. The quantitative estimate of drug-likeness (QED) is 0.701.